The van der Waals surface area contributed by atoms with Gasteiger partial charge in [-0.2, -0.15) is 0 Å². The van der Waals surface area contributed by atoms with Crippen LogP contribution in [0.1, 0.15) is 36.2 Å². The summed E-state index contributed by atoms with van der Waals surface area (Å²) in [5, 5.41) is 21.6. The molecule has 0 bridgehead atoms. The zero-order chi connectivity index (χ0) is 13.0. The molecule has 2 rings (SSSR count). The Morgan fingerprint density at radius 2 is 2.33 bits per heavy atom. The third-order valence-electron chi connectivity index (χ3n) is 3.38. The second-order valence-electron chi connectivity index (χ2n) is 4.76. The zero-order valence-corrected chi connectivity index (χ0v) is 10.2. The molecule has 1 aromatic heterocycles. The highest BCUT2D eigenvalue weighted by atomic mass is 16.3. The quantitative estimate of drug-likeness (QED) is 0.749. The Hall–Kier alpha value is -1.62. The maximum Gasteiger partial charge on any atom is 0.273 e. The molecule has 18 heavy (non-hydrogen) atoms. The summed E-state index contributed by atoms with van der Waals surface area (Å²) in [7, 11) is 0. The van der Waals surface area contributed by atoms with E-state index in [1.165, 1.54) is 12.3 Å². The molecule has 2 atom stereocenters. The fourth-order valence-corrected chi connectivity index (χ4v) is 2.41. The van der Waals surface area contributed by atoms with E-state index in [1.54, 1.807) is 6.07 Å². The Balaban J connectivity index is 1.97. The average molecular weight is 250 g/mol. The number of carbonyl (C=O) groups excluding carboxylic acids is 1. The van der Waals surface area contributed by atoms with E-state index in [9.17, 15) is 9.90 Å². The number of aliphatic hydroxyl groups excluding tert-OH is 1. The first-order valence-corrected chi connectivity index (χ1v) is 6.26. The molecule has 1 fully saturated rings. The molecule has 0 aliphatic heterocycles. The maximum absolute atomic E-state index is 11.9. The second kappa shape index (κ2) is 5.82. The maximum atomic E-state index is 11.9. The van der Waals surface area contributed by atoms with Gasteiger partial charge >= 0.3 is 0 Å². The van der Waals surface area contributed by atoms with Crippen LogP contribution in [0.5, 0.6) is 5.75 Å². The first-order valence-electron chi connectivity index (χ1n) is 6.26. The zero-order valence-electron chi connectivity index (χ0n) is 10.2. The molecule has 1 amide bonds. The van der Waals surface area contributed by atoms with Crippen molar-refractivity contribution < 1.29 is 15.0 Å². The van der Waals surface area contributed by atoms with E-state index >= 15 is 0 Å². The van der Waals surface area contributed by atoms with Gasteiger partial charge in [0.05, 0.1) is 0 Å². The Labute approximate surface area is 106 Å². The van der Waals surface area contributed by atoms with Crippen LogP contribution in [0.2, 0.25) is 0 Å². The fraction of sp³-hybridized carbons (Fsp3) is 0.538. The number of nitrogens with zero attached hydrogens (tertiary/aromatic N) is 1. The van der Waals surface area contributed by atoms with Crippen molar-refractivity contribution in [1.29, 1.82) is 0 Å². The molecule has 0 spiro atoms. The van der Waals surface area contributed by atoms with Crippen molar-refractivity contribution in [3.05, 3.63) is 24.0 Å². The van der Waals surface area contributed by atoms with E-state index in [-0.39, 0.29) is 35.9 Å². The van der Waals surface area contributed by atoms with Crippen LogP contribution >= 0.6 is 0 Å². The van der Waals surface area contributed by atoms with Crippen LogP contribution in [-0.4, -0.2) is 33.8 Å². The predicted octanol–water partition coefficient (Wildman–Crippen LogP) is 1.07. The highest BCUT2D eigenvalue weighted by Gasteiger charge is 2.24. The van der Waals surface area contributed by atoms with Crippen molar-refractivity contribution in [1.82, 2.24) is 10.3 Å². The van der Waals surface area contributed by atoms with Crippen LogP contribution < -0.4 is 5.32 Å². The van der Waals surface area contributed by atoms with E-state index in [4.69, 9.17) is 5.11 Å². The summed E-state index contributed by atoms with van der Waals surface area (Å²) < 4.78 is 0. The van der Waals surface area contributed by atoms with Gasteiger partial charge in [-0.15, -0.1) is 0 Å². The molecule has 1 saturated carbocycles. The summed E-state index contributed by atoms with van der Waals surface area (Å²) in [6.07, 6.45) is 5.19. The summed E-state index contributed by atoms with van der Waals surface area (Å²) in [5.74, 6) is -0.192. The highest BCUT2D eigenvalue weighted by molar-refractivity contribution is 5.94. The molecule has 5 heteroatoms. The topological polar surface area (TPSA) is 82.5 Å². The lowest BCUT2D eigenvalue weighted by Gasteiger charge is -2.28. The monoisotopic (exact) mass is 250 g/mol. The molecular weight excluding hydrogens is 232 g/mol. The number of rotatable bonds is 3. The van der Waals surface area contributed by atoms with Crippen LogP contribution in [0, 0.1) is 5.92 Å². The Morgan fingerprint density at radius 1 is 1.50 bits per heavy atom. The normalized spacial score (nSPS) is 23.6. The van der Waals surface area contributed by atoms with E-state index in [1.807, 2.05) is 0 Å². The molecular formula is C13H18N2O3. The third kappa shape index (κ3) is 2.98. The average Bonchev–Trinajstić information content (AvgIpc) is 2.39. The van der Waals surface area contributed by atoms with E-state index in [2.05, 4.69) is 10.3 Å². The van der Waals surface area contributed by atoms with Crippen LogP contribution in [0.25, 0.3) is 0 Å². The van der Waals surface area contributed by atoms with Crippen molar-refractivity contribution in [2.45, 2.75) is 31.7 Å². The van der Waals surface area contributed by atoms with Gasteiger partial charge in [-0.05, 0) is 37.3 Å². The summed E-state index contributed by atoms with van der Waals surface area (Å²) in [5.41, 5.74) is 0.0589. The number of hydrogen-bond acceptors (Lipinski definition) is 4. The first-order chi connectivity index (χ1) is 8.70. The van der Waals surface area contributed by atoms with Crippen LogP contribution in [0.3, 0.4) is 0 Å². The SMILES string of the molecule is O=C(NC1CCCC(CO)C1)c1ncccc1O. The van der Waals surface area contributed by atoms with Gasteiger partial charge in [0.15, 0.2) is 5.69 Å². The summed E-state index contributed by atoms with van der Waals surface area (Å²) in [6, 6.07) is 3.08. The van der Waals surface area contributed by atoms with E-state index in [0.717, 1.165) is 25.7 Å². The van der Waals surface area contributed by atoms with Gasteiger partial charge in [-0.1, -0.05) is 6.42 Å². The number of aromatic hydroxyl groups is 1. The van der Waals surface area contributed by atoms with Gasteiger partial charge in [-0.25, -0.2) is 4.98 Å². The lowest BCUT2D eigenvalue weighted by molar-refractivity contribution is 0.0898. The number of aromatic nitrogens is 1. The Bertz CT molecular complexity index is 422. The van der Waals surface area contributed by atoms with Crippen molar-refractivity contribution in [2.24, 2.45) is 5.92 Å². The number of hydrogen-bond donors (Lipinski definition) is 3. The van der Waals surface area contributed by atoms with Crippen molar-refractivity contribution in [3.8, 4) is 5.75 Å². The van der Waals surface area contributed by atoms with Gasteiger partial charge < -0.3 is 15.5 Å². The standard InChI is InChI=1S/C13H18N2O3/c16-8-9-3-1-4-10(7-9)15-13(18)12-11(17)5-2-6-14-12/h2,5-6,9-10,16-17H,1,3-4,7-8H2,(H,15,18). The number of amides is 1. The van der Waals surface area contributed by atoms with Gasteiger partial charge in [0.2, 0.25) is 0 Å². The van der Waals surface area contributed by atoms with Crippen LogP contribution in [-0.2, 0) is 0 Å². The molecule has 1 heterocycles. The summed E-state index contributed by atoms with van der Waals surface area (Å²) in [6.45, 7) is 0.168. The van der Waals surface area contributed by atoms with Gasteiger partial charge in [0, 0.05) is 18.8 Å². The van der Waals surface area contributed by atoms with Gasteiger partial charge in [0.25, 0.3) is 5.91 Å². The van der Waals surface area contributed by atoms with E-state index < -0.39 is 0 Å². The lowest BCUT2D eigenvalue weighted by Crippen LogP contribution is -2.39. The molecule has 2 unspecified atom stereocenters. The number of carbonyl (C=O) groups is 1. The number of nitrogens with one attached hydrogen (secondary N) is 1. The molecule has 0 radical (unpaired) electrons. The van der Waals surface area contributed by atoms with Gasteiger partial charge in [-0.3, -0.25) is 4.79 Å². The minimum absolute atomic E-state index is 0.0589. The fourth-order valence-electron chi connectivity index (χ4n) is 2.41. The minimum atomic E-state index is -0.350. The minimum Gasteiger partial charge on any atom is -0.505 e. The van der Waals surface area contributed by atoms with Crippen molar-refractivity contribution in [2.75, 3.05) is 6.61 Å². The molecule has 5 nitrogen and oxygen atoms in total. The number of aliphatic hydroxyl groups is 1. The van der Waals surface area contributed by atoms with Crippen molar-refractivity contribution >= 4 is 5.91 Å². The third-order valence-corrected chi connectivity index (χ3v) is 3.38. The van der Waals surface area contributed by atoms with Crippen LogP contribution in [0.15, 0.2) is 18.3 Å². The molecule has 98 valence electrons. The van der Waals surface area contributed by atoms with Crippen LogP contribution in [0.4, 0.5) is 0 Å². The van der Waals surface area contributed by atoms with Crippen molar-refractivity contribution in [3.63, 3.8) is 0 Å². The highest BCUT2D eigenvalue weighted by Crippen LogP contribution is 2.24. The first kappa shape index (κ1) is 12.8. The molecule has 0 aromatic carbocycles. The smallest absolute Gasteiger partial charge is 0.273 e. The molecule has 1 aromatic rings. The number of pyridine rings is 1. The predicted molar refractivity (Wildman–Crippen MR) is 66.2 cm³/mol. The summed E-state index contributed by atoms with van der Waals surface area (Å²) >= 11 is 0. The summed E-state index contributed by atoms with van der Waals surface area (Å²) in [4.78, 5) is 15.8. The molecule has 0 saturated heterocycles. The van der Waals surface area contributed by atoms with E-state index in [0.29, 0.717) is 0 Å². The second-order valence-corrected chi connectivity index (χ2v) is 4.76. The molecule has 1 aliphatic carbocycles. The Kier molecular flexibility index (Phi) is 4.15. The molecule has 1 aliphatic rings. The lowest BCUT2D eigenvalue weighted by atomic mass is 9.86. The molecule has 3 N–H and O–H groups in total. The largest absolute Gasteiger partial charge is 0.505 e. The van der Waals surface area contributed by atoms with Gasteiger partial charge in [0.1, 0.15) is 5.75 Å². The Morgan fingerprint density at radius 3 is 3.06 bits per heavy atom.